The van der Waals surface area contributed by atoms with E-state index in [2.05, 4.69) is 30.4 Å². The molecule has 1 saturated carbocycles. The highest BCUT2D eigenvalue weighted by molar-refractivity contribution is 5.28. The van der Waals surface area contributed by atoms with Crippen LogP contribution in [0.25, 0.3) is 0 Å². The van der Waals surface area contributed by atoms with E-state index in [9.17, 15) is 0 Å². The SMILES string of the molecule is CCCNCc1cccc(OCCOC2CCCC2)c1. The maximum Gasteiger partial charge on any atom is 0.119 e. The van der Waals surface area contributed by atoms with E-state index >= 15 is 0 Å². The van der Waals surface area contributed by atoms with Crippen molar-refractivity contribution in [1.82, 2.24) is 5.32 Å². The van der Waals surface area contributed by atoms with Gasteiger partial charge in [0, 0.05) is 6.54 Å². The van der Waals surface area contributed by atoms with E-state index in [1.54, 1.807) is 0 Å². The van der Waals surface area contributed by atoms with Gasteiger partial charge in [-0.15, -0.1) is 0 Å². The zero-order chi connectivity index (χ0) is 14.0. The van der Waals surface area contributed by atoms with E-state index in [0.29, 0.717) is 19.3 Å². The van der Waals surface area contributed by atoms with Gasteiger partial charge in [0.2, 0.25) is 0 Å². The summed E-state index contributed by atoms with van der Waals surface area (Å²) in [5, 5.41) is 3.40. The van der Waals surface area contributed by atoms with Crippen LogP contribution in [-0.2, 0) is 11.3 Å². The molecule has 0 aliphatic heterocycles. The Labute approximate surface area is 122 Å². The van der Waals surface area contributed by atoms with Crippen LogP contribution in [0.4, 0.5) is 0 Å². The molecule has 0 radical (unpaired) electrons. The Morgan fingerprint density at radius 2 is 2.05 bits per heavy atom. The number of hydrogen-bond acceptors (Lipinski definition) is 3. The lowest BCUT2D eigenvalue weighted by atomic mass is 10.2. The number of nitrogens with one attached hydrogen (secondary N) is 1. The molecule has 2 rings (SSSR count). The van der Waals surface area contributed by atoms with Gasteiger partial charge in [0.1, 0.15) is 12.4 Å². The van der Waals surface area contributed by atoms with Crippen molar-refractivity contribution in [3.05, 3.63) is 29.8 Å². The standard InChI is InChI=1S/C17H27NO2/c1-2-10-18-14-15-6-5-9-17(13-15)20-12-11-19-16-7-3-4-8-16/h5-6,9,13,16,18H,2-4,7-8,10-12,14H2,1H3. The second-order valence-electron chi connectivity index (χ2n) is 5.45. The third kappa shape index (κ3) is 5.51. The largest absolute Gasteiger partial charge is 0.491 e. The molecule has 1 aliphatic rings. The highest BCUT2D eigenvalue weighted by Gasteiger charge is 2.14. The minimum absolute atomic E-state index is 0.475. The number of benzene rings is 1. The van der Waals surface area contributed by atoms with E-state index in [1.807, 2.05) is 6.07 Å². The summed E-state index contributed by atoms with van der Waals surface area (Å²) in [6, 6.07) is 8.30. The Balaban J connectivity index is 1.65. The average Bonchev–Trinajstić information content (AvgIpc) is 2.98. The Kier molecular flexibility index (Phi) is 6.89. The quantitative estimate of drug-likeness (QED) is 0.701. The van der Waals surface area contributed by atoms with Crippen LogP contribution in [0.5, 0.6) is 5.75 Å². The van der Waals surface area contributed by atoms with Crippen molar-refractivity contribution in [3.8, 4) is 5.75 Å². The molecule has 1 aliphatic carbocycles. The van der Waals surface area contributed by atoms with E-state index in [0.717, 1.165) is 25.3 Å². The van der Waals surface area contributed by atoms with Crippen LogP contribution < -0.4 is 10.1 Å². The van der Waals surface area contributed by atoms with E-state index in [-0.39, 0.29) is 0 Å². The van der Waals surface area contributed by atoms with Crippen LogP contribution in [-0.4, -0.2) is 25.9 Å². The maximum absolute atomic E-state index is 5.80. The molecule has 1 N–H and O–H groups in total. The fraction of sp³-hybridized carbons (Fsp3) is 0.647. The fourth-order valence-corrected chi connectivity index (χ4v) is 2.58. The molecular weight excluding hydrogens is 250 g/mol. The first-order valence-electron chi connectivity index (χ1n) is 7.92. The first kappa shape index (κ1) is 15.3. The van der Waals surface area contributed by atoms with Gasteiger partial charge >= 0.3 is 0 Å². The van der Waals surface area contributed by atoms with Gasteiger partial charge in [-0.2, -0.15) is 0 Å². The summed E-state index contributed by atoms with van der Waals surface area (Å²) in [5.41, 5.74) is 1.27. The summed E-state index contributed by atoms with van der Waals surface area (Å²) in [5.74, 6) is 0.941. The third-order valence-corrected chi connectivity index (χ3v) is 3.66. The van der Waals surface area contributed by atoms with Gasteiger partial charge in [-0.05, 0) is 43.5 Å². The Bertz CT molecular complexity index is 375. The molecular formula is C17H27NO2. The van der Waals surface area contributed by atoms with Crippen LogP contribution in [0.1, 0.15) is 44.6 Å². The molecule has 1 aromatic carbocycles. The molecule has 0 aromatic heterocycles. The molecule has 0 bridgehead atoms. The summed E-state index contributed by atoms with van der Waals surface area (Å²) in [6.45, 7) is 5.48. The average molecular weight is 277 g/mol. The summed E-state index contributed by atoms with van der Waals surface area (Å²) < 4.78 is 11.6. The van der Waals surface area contributed by atoms with Crippen molar-refractivity contribution in [1.29, 1.82) is 0 Å². The van der Waals surface area contributed by atoms with Crippen molar-refractivity contribution >= 4 is 0 Å². The van der Waals surface area contributed by atoms with E-state index < -0.39 is 0 Å². The monoisotopic (exact) mass is 277 g/mol. The van der Waals surface area contributed by atoms with E-state index in [4.69, 9.17) is 9.47 Å². The van der Waals surface area contributed by atoms with Gasteiger partial charge in [-0.25, -0.2) is 0 Å². The molecule has 0 unspecified atom stereocenters. The maximum atomic E-state index is 5.80. The number of rotatable bonds is 9. The number of ether oxygens (including phenoxy) is 2. The van der Waals surface area contributed by atoms with E-state index in [1.165, 1.54) is 31.2 Å². The molecule has 3 nitrogen and oxygen atoms in total. The summed E-state index contributed by atoms with van der Waals surface area (Å²) in [6.07, 6.45) is 6.71. The highest BCUT2D eigenvalue weighted by Crippen LogP contribution is 2.20. The topological polar surface area (TPSA) is 30.5 Å². The zero-order valence-electron chi connectivity index (χ0n) is 12.6. The lowest BCUT2D eigenvalue weighted by Crippen LogP contribution is -2.15. The second-order valence-corrected chi connectivity index (χ2v) is 5.45. The van der Waals surface area contributed by atoms with Crippen molar-refractivity contribution < 1.29 is 9.47 Å². The van der Waals surface area contributed by atoms with Crippen LogP contribution in [0.15, 0.2) is 24.3 Å². The lowest BCUT2D eigenvalue weighted by molar-refractivity contribution is 0.0382. The fourth-order valence-electron chi connectivity index (χ4n) is 2.58. The highest BCUT2D eigenvalue weighted by atomic mass is 16.5. The van der Waals surface area contributed by atoms with Crippen molar-refractivity contribution in [3.63, 3.8) is 0 Å². The Morgan fingerprint density at radius 3 is 2.85 bits per heavy atom. The van der Waals surface area contributed by atoms with Crippen molar-refractivity contribution in [2.45, 2.75) is 51.7 Å². The molecule has 0 amide bonds. The predicted octanol–water partition coefficient (Wildman–Crippen LogP) is 3.52. The second kappa shape index (κ2) is 8.98. The molecule has 1 aromatic rings. The van der Waals surface area contributed by atoms with Gasteiger partial charge in [0.05, 0.1) is 12.7 Å². The predicted molar refractivity (Wildman–Crippen MR) is 82.1 cm³/mol. The molecule has 0 heterocycles. The molecule has 112 valence electrons. The van der Waals surface area contributed by atoms with Gasteiger partial charge in [-0.3, -0.25) is 0 Å². The van der Waals surface area contributed by atoms with Gasteiger partial charge in [0.15, 0.2) is 0 Å². The Morgan fingerprint density at radius 1 is 1.20 bits per heavy atom. The summed E-state index contributed by atoms with van der Waals surface area (Å²) in [7, 11) is 0. The van der Waals surface area contributed by atoms with Crippen LogP contribution in [0, 0.1) is 0 Å². The minimum Gasteiger partial charge on any atom is -0.491 e. The molecule has 0 atom stereocenters. The molecule has 0 spiro atoms. The first-order valence-corrected chi connectivity index (χ1v) is 7.92. The Hall–Kier alpha value is -1.06. The first-order chi connectivity index (χ1) is 9.88. The summed E-state index contributed by atoms with van der Waals surface area (Å²) >= 11 is 0. The molecule has 0 saturated heterocycles. The van der Waals surface area contributed by atoms with Crippen molar-refractivity contribution in [2.75, 3.05) is 19.8 Å². The molecule has 3 heteroatoms. The minimum atomic E-state index is 0.475. The van der Waals surface area contributed by atoms with Gasteiger partial charge in [-0.1, -0.05) is 31.9 Å². The zero-order valence-corrected chi connectivity index (χ0v) is 12.6. The van der Waals surface area contributed by atoms with Crippen LogP contribution in [0.3, 0.4) is 0 Å². The molecule has 20 heavy (non-hydrogen) atoms. The van der Waals surface area contributed by atoms with Gasteiger partial charge in [0.25, 0.3) is 0 Å². The smallest absolute Gasteiger partial charge is 0.119 e. The summed E-state index contributed by atoms with van der Waals surface area (Å²) in [4.78, 5) is 0. The normalized spacial score (nSPS) is 15.7. The van der Waals surface area contributed by atoms with Crippen LogP contribution >= 0.6 is 0 Å². The van der Waals surface area contributed by atoms with Gasteiger partial charge < -0.3 is 14.8 Å². The third-order valence-electron chi connectivity index (χ3n) is 3.66. The lowest BCUT2D eigenvalue weighted by Gasteiger charge is -2.12. The molecule has 1 fully saturated rings. The van der Waals surface area contributed by atoms with Crippen LogP contribution in [0.2, 0.25) is 0 Å². The number of hydrogen-bond donors (Lipinski definition) is 1. The van der Waals surface area contributed by atoms with Crippen molar-refractivity contribution in [2.24, 2.45) is 0 Å².